The van der Waals surface area contributed by atoms with Crippen molar-refractivity contribution in [3.63, 3.8) is 0 Å². The van der Waals surface area contributed by atoms with Crippen LogP contribution >= 0.6 is 12.4 Å². The van der Waals surface area contributed by atoms with Crippen LogP contribution in [0.2, 0.25) is 0 Å². The van der Waals surface area contributed by atoms with Crippen molar-refractivity contribution in [2.24, 2.45) is 0 Å². The highest BCUT2D eigenvalue weighted by Gasteiger charge is 2.31. The first-order chi connectivity index (χ1) is 10.4. The molecular formula is C16H23ClN2O4. The molecular weight excluding hydrogens is 320 g/mol. The second-order valence-corrected chi connectivity index (χ2v) is 5.58. The van der Waals surface area contributed by atoms with Crippen molar-refractivity contribution in [2.75, 3.05) is 32.1 Å². The third kappa shape index (κ3) is 4.28. The third-order valence-corrected chi connectivity index (χ3v) is 4.05. The van der Waals surface area contributed by atoms with Crippen LogP contribution in [-0.2, 0) is 4.79 Å². The second-order valence-electron chi connectivity index (χ2n) is 5.58. The number of carbonyl (C=O) groups excluding carboxylic acids is 1. The van der Waals surface area contributed by atoms with Crippen LogP contribution in [0, 0.1) is 0 Å². The van der Waals surface area contributed by atoms with E-state index in [9.17, 15) is 9.59 Å². The van der Waals surface area contributed by atoms with Gasteiger partial charge in [-0.25, -0.2) is 4.79 Å². The minimum Gasteiger partial charge on any atom is -0.481 e. The molecule has 1 aliphatic rings. The molecule has 7 heteroatoms. The van der Waals surface area contributed by atoms with E-state index in [1.165, 1.54) is 4.90 Å². The zero-order valence-corrected chi connectivity index (χ0v) is 14.4. The van der Waals surface area contributed by atoms with Gasteiger partial charge in [-0.15, -0.1) is 12.4 Å². The molecule has 1 N–H and O–H groups in total. The van der Waals surface area contributed by atoms with Gasteiger partial charge < -0.3 is 19.6 Å². The van der Waals surface area contributed by atoms with Crippen molar-refractivity contribution < 1.29 is 19.4 Å². The summed E-state index contributed by atoms with van der Waals surface area (Å²) in [4.78, 5) is 26.4. The monoisotopic (exact) mass is 342 g/mol. The molecule has 1 aromatic rings. The molecule has 0 spiro atoms. The number of amides is 1. The van der Waals surface area contributed by atoms with Gasteiger partial charge in [-0.2, -0.15) is 0 Å². The van der Waals surface area contributed by atoms with E-state index in [0.29, 0.717) is 18.7 Å². The SMILES string of the molecule is CCN(C)C(=O)Oc1cccc2c1C(CCC(=O)O)CN2C.Cl. The van der Waals surface area contributed by atoms with E-state index in [4.69, 9.17) is 9.84 Å². The van der Waals surface area contributed by atoms with Crippen LogP contribution < -0.4 is 9.64 Å². The Bertz CT molecular complexity index is 579. The number of benzene rings is 1. The lowest BCUT2D eigenvalue weighted by Gasteiger charge is -2.18. The minimum absolute atomic E-state index is 0. The molecule has 1 heterocycles. The van der Waals surface area contributed by atoms with Gasteiger partial charge in [-0.3, -0.25) is 4.79 Å². The van der Waals surface area contributed by atoms with Gasteiger partial charge in [0, 0.05) is 50.8 Å². The summed E-state index contributed by atoms with van der Waals surface area (Å²) in [6.07, 6.45) is 0.238. The first kappa shape index (κ1) is 19.1. The van der Waals surface area contributed by atoms with Gasteiger partial charge in [-0.1, -0.05) is 6.07 Å². The minimum atomic E-state index is -0.809. The van der Waals surface area contributed by atoms with Crippen molar-refractivity contribution in [2.45, 2.75) is 25.7 Å². The Morgan fingerprint density at radius 3 is 2.74 bits per heavy atom. The fraction of sp³-hybridized carbons (Fsp3) is 0.500. The van der Waals surface area contributed by atoms with Gasteiger partial charge in [0.1, 0.15) is 5.75 Å². The van der Waals surface area contributed by atoms with E-state index in [1.54, 1.807) is 13.1 Å². The van der Waals surface area contributed by atoms with Crippen molar-refractivity contribution in [3.05, 3.63) is 23.8 Å². The molecule has 0 fully saturated rings. The van der Waals surface area contributed by atoms with E-state index in [2.05, 4.69) is 4.90 Å². The Hall–Kier alpha value is -1.95. The molecule has 1 unspecified atom stereocenters. The Morgan fingerprint density at radius 2 is 2.13 bits per heavy atom. The molecule has 6 nitrogen and oxygen atoms in total. The first-order valence-corrected chi connectivity index (χ1v) is 7.42. The Labute approximate surface area is 142 Å². The number of fused-ring (bicyclic) bond motifs is 1. The highest BCUT2D eigenvalue weighted by atomic mass is 35.5. The van der Waals surface area contributed by atoms with Crippen LogP contribution in [0.5, 0.6) is 5.75 Å². The predicted octanol–water partition coefficient (Wildman–Crippen LogP) is 2.96. The summed E-state index contributed by atoms with van der Waals surface area (Å²) in [5.41, 5.74) is 1.93. The number of carboxylic acid groups (broad SMARTS) is 1. The topological polar surface area (TPSA) is 70.1 Å². The standard InChI is InChI=1S/C16H22N2O4.ClH/c1-4-17(2)16(21)22-13-7-5-6-12-15(13)11(10-18(12)3)8-9-14(19)20;/h5-7,11H,4,8-10H2,1-3H3,(H,19,20);1H. The zero-order valence-electron chi connectivity index (χ0n) is 13.6. The van der Waals surface area contributed by atoms with Crippen molar-refractivity contribution in [1.82, 2.24) is 4.90 Å². The number of hydrogen-bond acceptors (Lipinski definition) is 4. The van der Waals surface area contributed by atoms with Crippen LogP contribution in [0.1, 0.15) is 31.2 Å². The number of ether oxygens (including phenoxy) is 1. The maximum Gasteiger partial charge on any atom is 0.414 e. The molecule has 0 radical (unpaired) electrons. The van der Waals surface area contributed by atoms with Crippen LogP contribution in [0.4, 0.5) is 10.5 Å². The van der Waals surface area contributed by atoms with Crippen molar-refractivity contribution in [1.29, 1.82) is 0 Å². The van der Waals surface area contributed by atoms with Crippen LogP contribution in [0.3, 0.4) is 0 Å². The fourth-order valence-corrected chi connectivity index (χ4v) is 2.72. The van der Waals surface area contributed by atoms with Crippen LogP contribution in [0.15, 0.2) is 18.2 Å². The summed E-state index contributed by atoms with van der Waals surface area (Å²) in [5, 5.41) is 8.90. The van der Waals surface area contributed by atoms with E-state index in [1.807, 2.05) is 26.1 Å². The number of halogens is 1. The fourth-order valence-electron chi connectivity index (χ4n) is 2.72. The number of carboxylic acids is 1. The largest absolute Gasteiger partial charge is 0.481 e. The molecule has 0 bridgehead atoms. The lowest BCUT2D eigenvalue weighted by molar-refractivity contribution is -0.137. The smallest absolute Gasteiger partial charge is 0.414 e. The number of nitrogens with zero attached hydrogens (tertiary/aromatic N) is 2. The highest BCUT2D eigenvalue weighted by molar-refractivity contribution is 5.85. The average molecular weight is 343 g/mol. The lowest BCUT2D eigenvalue weighted by atomic mass is 9.95. The van der Waals surface area contributed by atoms with E-state index < -0.39 is 12.1 Å². The number of carbonyl (C=O) groups is 2. The van der Waals surface area contributed by atoms with Gasteiger partial charge in [0.15, 0.2) is 0 Å². The molecule has 0 aliphatic carbocycles. The van der Waals surface area contributed by atoms with E-state index >= 15 is 0 Å². The number of likely N-dealkylation sites (N-methyl/N-ethyl adjacent to an activating group) is 1. The molecule has 1 aliphatic heterocycles. The molecule has 1 atom stereocenters. The normalized spacial score (nSPS) is 15.6. The van der Waals surface area contributed by atoms with Gasteiger partial charge in [-0.05, 0) is 25.5 Å². The van der Waals surface area contributed by atoms with E-state index in [0.717, 1.165) is 17.8 Å². The number of aliphatic carboxylic acids is 1. The predicted molar refractivity (Wildman–Crippen MR) is 90.9 cm³/mol. The molecule has 1 amide bonds. The quantitative estimate of drug-likeness (QED) is 0.890. The van der Waals surface area contributed by atoms with E-state index in [-0.39, 0.29) is 24.7 Å². The summed E-state index contributed by atoms with van der Waals surface area (Å²) in [7, 11) is 3.64. The highest BCUT2D eigenvalue weighted by Crippen LogP contribution is 2.43. The van der Waals surface area contributed by atoms with Crippen LogP contribution in [-0.4, -0.2) is 49.3 Å². The maximum atomic E-state index is 12.0. The number of rotatable bonds is 5. The molecule has 1 aromatic carbocycles. The molecule has 0 aromatic heterocycles. The van der Waals surface area contributed by atoms with Crippen molar-refractivity contribution >= 4 is 30.2 Å². The van der Waals surface area contributed by atoms with Crippen LogP contribution in [0.25, 0.3) is 0 Å². The van der Waals surface area contributed by atoms with Gasteiger partial charge in [0.2, 0.25) is 0 Å². The first-order valence-electron chi connectivity index (χ1n) is 7.42. The Morgan fingerprint density at radius 1 is 1.43 bits per heavy atom. The Balaban J connectivity index is 0.00000264. The average Bonchev–Trinajstić information content (AvgIpc) is 2.82. The summed E-state index contributed by atoms with van der Waals surface area (Å²) in [6.45, 7) is 3.18. The zero-order chi connectivity index (χ0) is 16.3. The van der Waals surface area contributed by atoms with Gasteiger partial charge in [0.25, 0.3) is 0 Å². The molecule has 23 heavy (non-hydrogen) atoms. The van der Waals surface area contributed by atoms with Crippen molar-refractivity contribution in [3.8, 4) is 5.75 Å². The lowest BCUT2D eigenvalue weighted by Crippen LogP contribution is -2.29. The third-order valence-electron chi connectivity index (χ3n) is 4.05. The molecule has 0 saturated heterocycles. The Kier molecular flexibility index (Phi) is 6.69. The number of anilines is 1. The summed E-state index contributed by atoms with van der Waals surface area (Å²) in [6, 6.07) is 5.59. The van der Waals surface area contributed by atoms with Gasteiger partial charge >= 0.3 is 12.1 Å². The van der Waals surface area contributed by atoms with Gasteiger partial charge in [0.05, 0.1) is 0 Å². The number of hydrogen-bond donors (Lipinski definition) is 1. The summed E-state index contributed by atoms with van der Waals surface area (Å²) < 4.78 is 5.51. The molecule has 0 saturated carbocycles. The maximum absolute atomic E-state index is 12.0. The second kappa shape index (κ2) is 8.06. The summed E-state index contributed by atoms with van der Waals surface area (Å²) >= 11 is 0. The summed E-state index contributed by atoms with van der Waals surface area (Å²) in [5.74, 6) is -0.217. The molecule has 128 valence electrons. The molecule has 2 rings (SSSR count).